The second-order valence-corrected chi connectivity index (χ2v) is 10.9. The van der Waals surface area contributed by atoms with E-state index in [-0.39, 0.29) is 42.9 Å². The van der Waals surface area contributed by atoms with Gasteiger partial charge in [-0.1, -0.05) is 30.3 Å². The molecule has 1 N–H and O–H groups in total. The molecule has 204 valence electrons. The van der Waals surface area contributed by atoms with Gasteiger partial charge in [0.1, 0.15) is 18.3 Å². The van der Waals surface area contributed by atoms with Crippen molar-refractivity contribution in [2.75, 3.05) is 32.9 Å². The summed E-state index contributed by atoms with van der Waals surface area (Å²) in [5.41, 5.74) is 2.16. The van der Waals surface area contributed by atoms with Crippen molar-refractivity contribution in [3.05, 3.63) is 65.2 Å². The van der Waals surface area contributed by atoms with Crippen molar-refractivity contribution in [2.45, 2.75) is 58.8 Å². The highest BCUT2D eigenvalue weighted by Crippen LogP contribution is 2.36. The average molecular weight is 522 g/mol. The molecule has 2 amide bonds. The third-order valence-electron chi connectivity index (χ3n) is 7.18. The van der Waals surface area contributed by atoms with Crippen LogP contribution in [-0.4, -0.2) is 72.0 Å². The minimum absolute atomic E-state index is 0.0323. The molecule has 2 aromatic rings. The number of carbonyl (C=O) groups is 3. The highest BCUT2D eigenvalue weighted by atomic mass is 16.5. The zero-order valence-electron chi connectivity index (χ0n) is 22.9. The van der Waals surface area contributed by atoms with Gasteiger partial charge in [-0.05, 0) is 69.9 Å². The Labute approximate surface area is 225 Å². The standard InChI is InChI=1S/C30H39N3O5/c1-21(2)38-27-11-10-25(14-22(27)3)29(36)33-13-12-30(37-20-33)15-26(28(35)31-16-23(4)34)18-32(19-30)17-24-8-6-5-7-9-24/h5-11,14,21,26H,12-13,15-20H2,1-4H3,(H,31,35). The van der Waals surface area contributed by atoms with Gasteiger partial charge in [0.05, 0.1) is 24.2 Å². The molecule has 4 rings (SSSR count). The molecular weight excluding hydrogens is 482 g/mol. The third kappa shape index (κ3) is 6.99. The number of aryl methyl sites for hydroxylation is 1. The molecule has 0 aliphatic carbocycles. The van der Waals surface area contributed by atoms with Gasteiger partial charge in [-0.15, -0.1) is 0 Å². The number of Topliss-reactive ketones (excluding diaryl/α,β-unsaturated/α-hetero) is 1. The van der Waals surface area contributed by atoms with Gasteiger partial charge in [0.25, 0.3) is 5.91 Å². The van der Waals surface area contributed by atoms with Crippen LogP contribution in [0, 0.1) is 12.8 Å². The minimum atomic E-state index is -0.535. The summed E-state index contributed by atoms with van der Waals surface area (Å²) in [5, 5.41) is 2.78. The number of nitrogens with zero attached hydrogens (tertiary/aromatic N) is 2. The van der Waals surface area contributed by atoms with Crippen molar-refractivity contribution in [2.24, 2.45) is 5.92 Å². The Kier molecular flexibility index (Phi) is 8.84. The second kappa shape index (κ2) is 12.1. The molecule has 0 aromatic heterocycles. The van der Waals surface area contributed by atoms with E-state index in [1.165, 1.54) is 12.5 Å². The average Bonchev–Trinajstić information content (AvgIpc) is 2.88. The summed E-state index contributed by atoms with van der Waals surface area (Å²) in [6, 6.07) is 15.7. The summed E-state index contributed by atoms with van der Waals surface area (Å²) >= 11 is 0. The summed E-state index contributed by atoms with van der Waals surface area (Å²) in [6.45, 7) is 10.1. The van der Waals surface area contributed by atoms with Crippen molar-refractivity contribution in [1.29, 1.82) is 0 Å². The molecule has 2 aromatic carbocycles. The number of carbonyl (C=O) groups excluding carboxylic acids is 3. The lowest BCUT2D eigenvalue weighted by molar-refractivity contribution is -0.169. The molecule has 0 radical (unpaired) electrons. The van der Waals surface area contributed by atoms with Gasteiger partial charge in [0.15, 0.2) is 0 Å². The van der Waals surface area contributed by atoms with E-state index in [1.807, 2.05) is 51.1 Å². The van der Waals surface area contributed by atoms with E-state index in [9.17, 15) is 14.4 Å². The van der Waals surface area contributed by atoms with Gasteiger partial charge in [0.2, 0.25) is 5.91 Å². The number of amides is 2. The highest BCUT2D eigenvalue weighted by molar-refractivity contribution is 5.94. The van der Waals surface area contributed by atoms with Crippen molar-refractivity contribution >= 4 is 17.6 Å². The summed E-state index contributed by atoms with van der Waals surface area (Å²) in [6.07, 6.45) is 1.26. The van der Waals surface area contributed by atoms with Crippen LogP contribution < -0.4 is 10.1 Å². The van der Waals surface area contributed by atoms with E-state index in [2.05, 4.69) is 22.3 Å². The zero-order valence-corrected chi connectivity index (χ0v) is 22.9. The summed E-state index contributed by atoms with van der Waals surface area (Å²) < 4.78 is 12.2. The molecule has 8 nitrogen and oxygen atoms in total. The molecule has 2 aliphatic rings. The van der Waals surface area contributed by atoms with Crippen molar-refractivity contribution in [1.82, 2.24) is 15.1 Å². The van der Waals surface area contributed by atoms with Crippen molar-refractivity contribution in [3.63, 3.8) is 0 Å². The molecule has 38 heavy (non-hydrogen) atoms. The Morgan fingerprint density at radius 3 is 2.55 bits per heavy atom. The number of benzene rings is 2. The fraction of sp³-hybridized carbons (Fsp3) is 0.500. The van der Waals surface area contributed by atoms with Crippen LogP contribution in [0.15, 0.2) is 48.5 Å². The van der Waals surface area contributed by atoms with Gasteiger partial charge in [-0.3, -0.25) is 19.3 Å². The van der Waals surface area contributed by atoms with Gasteiger partial charge in [-0.2, -0.15) is 0 Å². The fourth-order valence-corrected chi connectivity index (χ4v) is 5.34. The van der Waals surface area contributed by atoms with Gasteiger partial charge >= 0.3 is 0 Å². The van der Waals surface area contributed by atoms with E-state index in [0.29, 0.717) is 44.6 Å². The van der Waals surface area contributed by atoms with E-state index < -0.39 is 5.60 Å². The summed E-state index contributed by atoms with van der Waals surface area (Å²) in [7, 11) is 0. The number of hydrogen-bond donors (Lipinski definition) is 1. The van der Waals surface area contributed by atoms with Crippen LogP contribution in [0.1, 0.15) is 55.1 Å². The largest absolute Gasteiger partial charge is 0.491 e. The molecule has 2 unspecified atom stereocenters. The number of ketones is 1. The van der Waals surface area contributed by atoms with Gasteiger partial charge in [0, 0.05) is 31.7 Å². The van der Waals surface area contributed by atoms with Crippen LogP contribution in [0.25, 0.3) is 0 Å². The number of nitrogens with one attached hydrogen (secondary N) is 1. The Bertz CT molecular complexity index is 1140. The first-order chi connectivity index (χ1) is 18.1. The van der Waals surface area contributed by atoms with E-state index in [0.717, 1.165) is 11.3 Å². The Hall–Kier alpha value is -3.23. The molecule has 2 saturated heterocycles. The molecule has 2 fully saturated rings. The zero-order chi connectivity index (χ0) is 27.3. The Morgan fingerprint density at radius 2 is 1.92 bits per heavy atom. The first-order valence-electron chi connectivity index (χ1n) is 13.4. The van der Waals surface area contributed by atoms with Crippen LogP contribution >= 0.6 is 0 Å². The number of piperidine rings is 1. The Balaban J connectivity index is 1.45. The lowest BCUT2D eigenvalue weighted by Crippen LogP contribution is -2.60. The topological polar surface area (TPSA) is 88.2 Å². The molecule has 2 atom stereocenters. The Morgan fingerprint density at radius 1 is 1.16 bits per heavy atom. The predicted octanol–water partition coefficient (Wildman–Crippen LogP) is 3.57. The SMILES string of the molecule is CC(=O)CNC(=O)C1CN(Cc2ccccc2)CC2(CCN(C(=O)c3ccc(OC(C)C)c(C)c3)CO2)C1. The maximum absolute atomic E-state index is 13.3. The second-order valence-electron chi connectivity index (χ2n) is 10.9. The minimum Gasteiger partial charge on any atom is -0.491 e. The summed E-state index contributed by atoms with van der Waals surface area (Å²) in [5.74, 6) is 0.197. The quantitative estimate of drug-likeness (QED) is 0.572. The maximum Gasteiger partial charge on any atom is 0.255 e. The van der Waals surface area contributed by atoms with Crippen molar-refractivity contribution in [3.8, 4) is 5.75 Å². The lowest BCUT2D eigenvalue weighted by atomic mass is 9.81. The maximum atomic E-state index is 13.3. The normalized spacial score (nSPS) is 21.9. The number of likely N-dealkylation sites (tertiary alicyclic amines) is 1. The molecular formula is C30H39N3O5. The number of ether oxygens (including phenoxy) is 2. The van der Waals surface area contributed by atoms with Gasteiger partial charge < -0.3 is 19.7 Å². The number of hydrogen-bond acceptors (Lipinski definition) is 6. The smallest absolute Gasteiger partial charge is 0.255 e. The fourth-order valence-electron chi connectivity index (χ4n) is 5.34. The van der Waals surface area contributed by atoms with Crippen LogP contribution in [-0.2, 0) is 20.9 Å². The van der Waals surface area contributed by atoms with E-state index >= 15 is 0 Å². The molecule has 2 aliphatic heterocycles. The molecule has 1 spiro atoms. The first kappa shape index (κ1) is 27.8. The van der Waals surface area contributed by atoms with Gasteiger partial charge in [-0.25, -0.2) is 0 Å². The monoisotopic (exact) mass is 521 g/mol. The van der Waals surface area contributed by atoms with Crippen molar-refractivity contribution < 1.29 is 23.9 Å². The third-order valence-corrected chi connectivity index (χ3v) is 7.18. The summed E-state index contributed by atoms with van der Waals surface area (Å²) in [4.78, 5) is 41.7. The lowest BCUT2D eigenvalue weighted by Gasteiger charge is -2.49. The highest BCUT2D eigenvalue weighted by Gasteiger charge is 2.45. The predicted molar refractivity (Wildman–Crippen MR) is 145 cm³/mol. The molecule has 0 saturated carbocycles. The van der Waals surface area contributed by atoms with Crippen LogP contribution in [0.2, 0.25) is 0 Å². The first-order valence-corrected chi connectivity index (χ1v) is 13.4. The number of rotatable bonds is 8. The molecule has 2 heterocycles. The molecule has 0 bridgehead atoms. The molecule has 8 heteroatoms. The van der Waals surface area contributed by atoms with Crippen LogP contribution in [0.5, 0.6) is 5.75 Å². The van der Waals surface area contributed by atoms with E-state index in [1.54, 1.807) is 11.0 Å². The van der Waals surface area contributed by atoms with Crippen LogP contribution in [0.3, 0.4) is 0 Å². The van der Waals surface area contributed by atoms with E-state index in [4.69, 9.17) is 9.47 Å². The van der Waals surface area contributed by atoms with Crippen LogP contribution in [0.4, 0.5) is 0 Å².